The van der Waals surface area contributed by atoms with Crippen LogP contribution in [0.5, 0.6) is 5.88 Å². The van der Waals surface area contributed by atoms with Crippen molar-refractivity contribution in [1.29, 1.82) is 0 Å². The first-order valence-corrected chi connectivity index (χ1v) is 5.99. The molecule has 2 nitrogen and oxygen atoms in total. The Morgan fingerprint density at radius 2 is 1.75 bits per heavy atom. The molecule has 0 bridgehead atoms. The molecule has 1 aromatic heterocycles. The Bertz CT molecular complexity index is 342. The molecule has 0 aliphatic heterocycles. The van der Waals surface area contributed by atoms with E-state index in [4.69, 9.17) is 4.74 Å². The molecule has 2 heteroatoms. The molecular formula is C14H23NO. The molecule has 0 aliphatic carbocycles. The SMILES string of the molecule is CC(C)c1cccc(OC(C)(C)C(C)C)n1. The zero-order chi connectivity index (χ0) is 12.3. The van der Waals surface area contributed by atoms with E-state index in [9.17, 15) is 0 Å². The molecule has 0 aromatic carbocycles. The van der Waals surface area contributed by atoms with Crippen molar-refractivity contribution >= 4 is 0 Å². The van der Waals surface area contributed by atoms with Gasteiger partial charge in [0.1, 0.15) is 5.60 Å². The van der Waals surface area contributed by atoms with Gasteiger partial charge in [-0.1, -0.05) is 33.8 Å². The van der Waals surface area contributed by atoms with Crippen LogP contribution in [-0.4, -0.2) is 10.6 Å². The van der Waals surface area contributed by atoms with Gasteiger partial charge in [0.15, 0.2) is 0 Å². The van der Waals surface area contributed by atoms with Crippen molar-refractivity contribution in [1.82, 2.24) is 4.98 Å². The molecule has 0 spiro atoms. The Morgan fingerprint density at radius 3 is 2.25 bits per heavy atom. The average molecular weight is 221 g/mol. The largest absolute Gasteiger partial charge is 0.471 e. The maximum atomic E-state index is 5.94. The number of aromatic nitrogens is 1. The van der Waals surface area contributed by atoms with Gasteiger partial charge in [-0.3, -0.25) is 0 Å². The van der Waals surface area contributed by atoms with E-state index in [1.165, 1.54) is 0 Å². The van der Waals surface area contributed by atoms with Gasteiger partial charge in [0.25, 0.3) is 0 Å². The lowest BCUT2D eigenvalue weighted by atomic mass is 9.95. The van der Waals surface area contributed by atoms with Gasteiger partial charge in [-0.25, -0.2) is 4.98 Å². The third-order valence-electron chi connectivity index (χ3n) is 3.09. The van der Waals surface area contributed by atoms with Gasteiger partial charge in [-0.15, -0.1) is 0 Å². The molecule has 16 heavy (non-hydrogen) atoms. The summed E-state index contributed by atoms with van der Waals surface area (Å²) in [4.78, 5) is 4.52. The third kappa shape index (κ3) is 3.22. The van der Waals surface area contributed by atoms with Crippen molar-refractivity contribution in [2.24, 2.45) is 5.92 Å². The Labute approximate surface area is 99.0 Å². The predicted molar refractivity (Wildman–Crippen MR) is 67.9 cm³/mol. The van der Waals surface area contributed by atoms with Gasteiger partial charge in [0.05, 0.1) is 0 Å². The van der Waals surface area contributed by atoms with E-state index in [1.54, 1.807) is 0 Å². The first-order chi connectivity index (χ1) is 7.33. The molecule has 0 unspecified atom stereocenters. The molecule has 1 aromatic rings. The van der Waals surface area contributed by atoms with Crippen LogP contribution in [-0.2, 0) is 0 Å². The number of hydrogen-bond acceptors (Lipinski definition) is 2. The standard InChI is InChI=1S/C14H23NO/c1-10(2)12-8-7-9-13(15-12)16-14(5,6)11(3)4/h7-11H,1-6H3. The minimum Gasteiger partial charge on any atom is -0.471 e. The molecule has 0 radical (unpaired) electrons. The van der Waals surface area contributed by atoms with Gasteiger partial charge < -0.3 is 4.74 Å². The normalized spacial score (nSPS) is 12.2. The lowest BCUT2D eigenvalue weighted by molar-refractivity contribution is 0.0547. The van der Waals surface area contributed by atoms with Crippen LogP contribution in [0.25, 0.3) is 0 Å². The van der Waals surface area contributed by atoms with Crippen molar-refractivity contribution in [3.63, 3.8) is 0 Å². The summed E-state index contributed by atoms with van der Waals surface area (Å²) in [6.07, 6.45) is 0. The summed E-state index contributed by atoms with van der Waals surface area (Å²) < 4.78 is 5.94. The molecule has 1 rings (SSSR count). The highest BCUT2D eigenvalue weighted by atomic mass is 16.5. The van der Waals surface area contributed by atoms with Crippen molar-refractivity contribution in [3.8, 4) is 5.88 Å². The monoisotopic (exact) mass is 221 g/mol. The summed E-state index contributed by atoms with van der Waals surface area (Å²) in [5.74, 6) is 1.62. The second kappa shape index (κ2) is 4.86. The van der Waals surface area contributed by atoms with E-state index in [-0.39, 0.29) is 5.60 Å². The minimum absolute atomic E-state index is 0.178. The molecule has 1 heterocycles. The highest BCUT2D eigenvalue weighted by Gasteiger charge is 2.24. The number of nitrogens with zero attached hydrogens (tertiary/aromatic N) is 1. The summed E-state index contributed by atoms with van der Waals surface area (Å²) in [6, 6.07) is 5.98. The van der Waals surface area contributed by atoms with E-state index in [0.29, 0.717) is 11.8 Å². The van der Waals surface area contributed by atoms with Crippen molar-refractivity contribution in [2.45, 2.75) is 53.1 Å². The van der Waals surface area contributed by atoms with Gasteiger partial charge in [-0.2, -0.15) is 0 Å². The Balaban J connectivity index is 2.86. The van der Waals surface area contributed by atoms with Crippen molar-refractivity contribution in [2.75, 3.05) is 0 Å². The quantitative estimate of drug-likeness (QED) is 0.766. The van der Waals surface area contributed by atoms with Crippen LogP contribution in [0.1, 0.15) is 53.2 Å². The molecule has 0 N–H and O–H groups in total. The fraction of sp³-hybridized carbons (Fsp3) is 0.643. The zero-order valence-electron chi connectivity index (χ0n) is 11.2. The topological polar surface area (TPSA) is 22.1 Å². The maximum Gasteiger partial charge on any atom is 0.213 e. The van der Waals surface area contributed by atoms with Crippen LogP contribution in [0.3, 0.4) is 0 Å². The van der Waals surface area contributed by atoms with Gasteiger partial charge >= 0.3 is 0 Å². The molecule has 0 amide bonds. The Kier molecular flexibility index (Phi) is 3.95. The van der Waals surface area contributed by atoms with E-state index < -0.39 is 0 Å². The highest BCUT2D eigenvalue weighted by Crippen LogP contribution is 2.24. The number of ether oxygens (including phenoxy) is 1. The molecule has 0 aliphatic rings. The summed E-state index contributed by atoms with van der Waals surface area (Å²) >= 11 is 0. The summed E-state index contributed by atoms with van der Waals surface area (Å²) in [5.41, 5.74) is 0.903. The van der Waals surface area contributed by atoms with Gasteiger partial charge in [-0.05, 0) is 31.7 Å². The fourth-order valence-corrected chi connectivity index (χ4v) is 1.20. The molecule has 0 saturated carbocycles. The predicted octanol–water partition coefficient (Wildman–Crippen LogP) is 4.02. The van der Waals surface area contributed by atoms with Crippen LogP contribution < -0.4 is 4.74 Å². The van der Waals surface area contributed by atoms with Crippen LogP contribution in [0.15, 0.2) is 18.2 Å². The maximum absolute atomic E-state index is 5.94. The second-order valence-electron chi connectivity index (χ2n) is 5.42. The Hall–Kier alpha value is -1.05. The van der Waals surface area contributed by atoms with Gasteiger partial charge in [0, 0.05) is 11.8 Å². The smallest absolute Gasteiger partial charge is 0.213 e. The first-order valence-electron chi connectivity index (χ1n) is 5.99. The fourth-order valence-electron chi connectivity index (χ4n) is 1.20. The van der Waals surface area contributed by atoms with Crippen LogP contribution in [0.2, 0.25) is 0 Å². The second-order valence-corrected chi connectivity index (χ2v) is 5.42. The van der Waals surface area contributed by atoms with E-state index >= 15 is 0 Å². The average Bonchev–Trinajstić information content (AvgIpc) is 2.17. The molecule has 0 saturated heterocycles. The highest BCUT2D eigenvalue weighted by molar-refractivity contribution is 5.18. The number of rotatable bonds is 4. The van der Waals surface area contributed by atoms with Crippen LogP contribution >= 0.6 is 0 Å². The molecular weight excluding hydrogens is 198 g/mol. The number of hydrogen-bond donors (Lipinski definition) is 0. The lowest BCUT2D eigenvalue weighted by Gasteiger charge is -2.30. The van der Waals surface area contributed by atoms with Gasteiger partial charge in [0.2, 0.25) is 5.88 Å². The first kappa shape index (κ1) is 13.0. The van der Waals surface area contributed by atoms with Crippen molar-refractivity contribution in [3.05, 3.63) is 23.9 Å². The van der Waals surface area contributed by atoms with E-state index in [1.807, 2.05) is 18.2 Å². The van der Waals surface area contributed by atoms with Crippen molar-refractivity contribution < 1.29 is 4.74 Å². The van der Waals surface area contributed by atoms with Crippen LogP contribution in [0, 0.1) is 5.92 Å². The molecule has 90 valence electrons. The summed E-state index contributed by atoms with van der Waals surface area (Å²) in [6.45, 7) is 12.8. The lowest BCUT2D eigenvalue weighted by Crippen LogP contribution is -2.34. The zero-order valence-corrected chi connectivity index (χ0v) is 11.2. The van der Waals surface area contributed by atoms with E-state index in [0.717, 1.165) is 11.6 Å². The van der Waals surface area contributed by atoms with E-state index in [2.05, 4.69) is 46.5 Å². The Morgan fingerprint density at radius 1 is 1.12 bits per heavy atom. The summed E-state index contributed by atoms with van der Waals surface area (Å²) in [7, 11) is 0. The molecule has 0 atom stereocenters. The van der Waals surface area contributed by atoms with Crippen LogP contribution in [0.4, 0.5) is 0 Å². The minimum atomic E-state index is -0.178. The number of pyridine rings is 1. The molecule has 0 fully saturated rings. The summed E-state index contributed by atoms with van der Waals surface area (Å²) in [5, 5.41) is 0. The third-order valence-corrected chi connectivity index (χ3v) is 3.09.